The summed E-state index contributed by atoms with van der Waals surface area (Å²) >= 11 is 0. The average molecular weight is 295 g/mol. The molecule has 0 aromatic carbocycles. The summed E-state index contributed by atoms with van der Waals surface area (Å²) in [5, 5.41) is 0. The third-order valence-electron chi connectivity index (χ3n) is 3.77. The van der Waals surface area contributed by atoms with Crippen molar-refractivity contribution in [2.75, 3.05) is 13.2 Å². The van der Waals surface area contributed by atoms with Crippen molar-refractivity contribution in [2.24, 2.45) is 5.41 Å². The monoisotopic (exact) mass is 295 g/mol. The van der Waals surface area contributed by atoms with Crippen LogP contribution in [0.5, 0.6) is 0 Å². The standard InChI is InChI=1S/C15H18FNO4/c1-4-20-13(18)15(14(19)21-5-2)6-10-9(3)11(16)8-17-12(10)7-15/h8H,4-7H2,1-3H3. The lowest BCUT2D eigenvalue weighted by Crippen LogP contribution is -2.43. The molecule has 0 radical (unpaired) electrons. The van der Waals surface area contributed by atoms with Crippen molar-refractivity contribution in [2.45, 2.75) is 33.6 Å². The number of ether oxygens (including phenoxy) is 2. The first-order valence-corrected chi connectivity index (χ1v) is 6.93. The van der Waals surface area contributed by atoms with Crippen molar-refractivity contribution >= 4 is 11.9 Å². The molecule has 2 rings (SSSR count). The number of halogens is 1. The molecule has 1 aromatic rings. The molecule has 0 aliphatic heterocycles. The summed E-state index contributed by atoms with van der Waals surface area (Å²) in [5.41, 5.74) is 0.112. The van der Waals surface area contributed by atoms with Gasteiger partial charge < -0.3 is 9.47 Å². The second kappa shape index (κ2) is 5.79. The summed E-state index contributed by atoms with van der Waals surface area (Å²) in [4.78, 5) is 28.6. The number of fused-ring (bicyclic) bond motifs is 1. The third-order valence-corrected chi connectivity index (χ3v) is 3.77. The number of pyridine rings is 1. The van der Waals surface area contributed by atoms with Crippen molar-refractivity contribution in [3.63, 3.8) is 0 Å². The fourth-order valence-electron chi connectivity index (χ4n) is 2.62. The summed E-state index contributed by atoms with van der Waals surface area (Å²) in [6.07, 6.45) is 1.26. The minimum atomic E-state index is -1.44. The maximum atomic E-state index is 13.6. The van der Waals surface area contributed by atoms with Gasteiger partial charge in [-0.3, -0.25) is 14.6 Å². The van der Waals surface area contributed by atoms with E-state index in [9.17, 15) is 14.0 Å². The SMILES string of the molecule is CCOC(=O)C1(C(=O)OCC)Cc2ncc(F)c(C)c2C1. The average Bonchev–Trinajstić information content (AvgIpc) is 2.85. The molecular weight excluding hydrogens is 277 g/mol. The highest BCUT2D eigenvalue weighted by molar-refractivity contribution is 6.01. The molecule has 1 heterocycles. The van der Waals surface area contributed by atoms with E-state index in [2.05, 4.69) is 4.98 Å². The Morgan fingerprint density at radius 2 is 1.81 bits per heavy atom. The minimum absolute atomic E-state index is 0.0661. The number of hydrogen-bond acceptors (Lipinski definition) is 5. The van der Waals surface area contributed by atoms with Crippen LogP contribution in [0.4, 0.5) is 4.39 Å². The van der Waals surface area contributed by atoms with Gasteiger partial charge in [-0.15, -0.1) is 0 Å². The first kappa shape index (κ1) is 15.4. The van der Waals surface area contributed by atoms with Gasteiger partial charge in [-0.1, -0.05) is 0 Å². The second-order valence-electron chi connectivity index (χ2n) is 5.03. The molecule has 6 heteroatoms. The van der Waals surface area contributed by atoms with Crippen LogP contribution in [0.1, 0.15) is 30.7 Å². The summed E-state index contributed by atoms with van der Waals surface area (Å²) in [7, 11) is 0. The molecule has 0 saturated carbocycles. The molecule has 1 aliphatic rings. The van der Waals surface area contributed by atoms with E-state index in [-0.39, 0.29) is 26.1 Å². The molecule has 114 valence electrons. The Morgan fingerprint density at radius 1 is 1.24 bits per heavy atom. The lowest BCUT2D eigenvalue weighted by Gasteiger charge is -2.23. The van der Waals surface area contributed by atoms with Gasteiger partial charge in [0.15, 0.2) is 5.41 Å². The van der Waals surface area contributed by atoms with Gasteiger partial charge in [0.05, 0.1) is 19.4 Å². The van der Waals surface area contributed by atoms with Crippen LogP contribution in [0.3, 0.4) is 0 Å². The smallest absolute Gasteiger partial charge is 0.324 e. The van der Waals surface area contributed by atoms with Gasteiger partial charge >= 0.3 is 11.9 Å². The van der Waals surface area contributed by atoms with Crippen molar-refractivity contribution in [3.8, 4) is 0 Å². The highest BCUT2D eigenvalue weighted by atomic mass is 19.1. The van der Waals surface area contributed by atoms with Gasteiger partial charge in [0.25, 0.3) is 0 Å². The van der Waals surface area contributed by atoms with Gasteiger partial charge in [-0.05, 0) is 31.9 Å². The van der Waals surface area contributed by atoms with Crippen molar-refractivity contribution in [1.82, 2.24) is 4.98 Å². The fraction of sp³-hybridized carbons (Fsp3) is 0.533. The number of aromatic nitrogens is 1. The second-order valence-corrected chi connectivity index (χ2v) is 5.03. The predicted octanol–water partition coefficient (Wildman–Crippen LogP) is 1.74. The van der Waals surface area contributed by atoms with Crippen LogP contribution >= 0.6 is 0 Å². The van der Waals surface area contributed by atoms with Crippen LogP contribution in [0.2, 0.25) is 0 Å². The van der Waals surface area contributed by atoms with E-state index in [1.807, 2.05) is 0 Å². The Balaban J connectivity index is 2.44. The molecule has 0 N–H and O–H groups in total. The van der Waals surface area contributed by atoms with Gasteiger partial charge in [-0.2, -0.15) is 0 Å². The molecule has 1 aromatic heterocycles. The van der Waals surface area contributed by atoms with Crippen molar-refractivity contribution < 1.29 is 23.5 Å². The van der Waals surface area contributed by atoms with Crippen molar-refractivity contribution in [3.05, 3.63) is 28.8 Å². The van der Waals surface area contributed by atoms with E-state index in [0.717, 1.165) is 6.20 Å². The Hall–Kier alpha value is -1.98. The van der Waals surface area contributed by atoms with Crippen LogP contribution in [-0.4, -0.2) is 30.1 Å². The van der Waals surface area contributed by atoms with Crippen LogP contribution in [0.25, 0.3) is 0 Å². The number of hydrogen-bond donors (Lipinski definition) is 0. The van der Waals surface area contributed by atoms with E-state index in [0.29, 0.717) is 16.8 Å². The number of rotatable bonds is 4. The molecule has 21 heavy (non-hydrogen) atoms. The van der Waals surface area contributed by atoms with E-state index >= 15 is 0 Å². The molecule has 0 saturated heterocycles. The summed E-state index contributed by atoms with van der Waals surface area (Å²) in [6.45, 7) is 5.28. The number of nitrogens with zero attached hydrogens (tertiary/aromatic N) is 1. The number of esters is 2. The lowest BCUT2D eigenvalue weighted by atomic mass is 9.84. The Labute approximate surface area is 122 Å². The highest BCUT2D eigenvalue weighted by Gasteiger charge is 2.54. The third kappa shape index (κ3) is 2.50. The fourth-order valence-corrected chi connectivity index (χ4v) is 2.62. The maximum Gasteiger partial charge on any atom is 0.324 e. The molecule has 0 spiro atoms. The van der Waals surface area contributed by atoms with Crippen LogP contribution in [-0.2, 0) is 31.9 Å². The molecule has 0 amide bonds. The summed E-state index contributed by atoms with van der Waals surface area (Å²) < 4.78 is 23.7. The largest absolute Gasteiger partial charge is 0.465 e. The van der Waals surface area contributed by atoms with E-state index in [1.165, 1.54) is 0 Å². The van der Waals surface area contributed by atoms with Crippen LogP contribution in [0, 0.1) is 18.2 Å². The van der Waals surface area contributed by atoms with Gasteiger partial charge in [0.2, 0.25) is 0 Å². The Morgan fingerprint density at radius 3 is 2.33 bits per heavy atom. The first-order chi connectivity index (χ1) is 9.96. The van der Waals surface area contributed by atoms with Crippen LogP contribution in [0.15, 0.2) is 6.20 Å². The Kier molecular flexibility index (Phi) is 4.25. The number of carbonyl (C=O) groups is 2. The van der Waals surface area contributed by atoms with E-state index < -0.39 is 23.2 Å². The molecule has 0 fully saturated rings. The first-order valence-electron chi connectivity index (χ1n) is 6.93. The molecule has 0 atom stereocenters. The lowest BCUT2D eigenvalue weighted by molar-refractivity contribution is -0.171. The van der Waals surface area contributed by atoms with Gasteiger partial charge in [0, 0.05) is 18.5 Å². The number of carbonyl (C=O) groups excluding carboxylic acids is 2. The summed E-state index contributed by atoms with van der Waals surface area (Å²) in [5.74, 6) is -1.72. The maximum absolute atomic E-state index is 13.6. The molecule has 0 unspecified atom stereocenters. The zero-order valence-corrected chi connectivity index (χ0v) is 12.4. The predicted molar refractivity (Wildman–Crippen MR) is 72.0 cm³/mol. The molecule has 5 nitrogen and oxygen atoms in total. The van der Waals surface area contributed by atoms with Gasteiger partial charge in [0.1, 0.15) is 5.82 Å². The molecule has 1 aliphatic carbocycles. The van der Waals surface area contributed by atoms with E-state index in [4.69, 9.17) is 9.47 Å². The Bertz CT molecular complexity index is 567. The van der Waals surface area contributed by atoms with Gasteiger partial charge in [-0.25, -0.2) is 4.39 Å². The minimum Gasteiger partial charge on any atom is -0.465 e. The summed E-state index contributed by atoms with van der Waals surface area (Å²) in [6, 6.07) is 0. The zero-order valence-electron chi connectivity index (χ0n) is 12.4. The quantitative estimate of drug-likeness (QED) is 0.625. The van der Waals surface area contributed by atoms with Crippen molar-refractivity contribution in [1.29, 1.82) is 0 Å². The van der Waals surface area contributed by atoms with Crippen LogP contribution < -0.4 is 0 Å². The molecule has 0 bridgehead atoms. The highest BCUT2D eigenvalue weighted by Crippen LogP contribution is 2.40. The van der Waals surface area contributed by atoms with E-state index in [1.54, 1.807) is 20.8 Å². The zero-order chi connectivity index (χ0) is 15.6. The topological polar surface area (TPSA) is 65.5 Å². The molecular formula is C15H18FNO4. The normalized spacial score (nSPS) is 15.4.